The van der Waals surface area contributed by atoms with Crippen LogP contribution in [0.15, 0.2) is 54.6 Å². The predicted molar refractivity (Wildman–Crippen MR) is 96.5 cm³/mol. The number of carbonyl (C=O) groups excluding carboxylic acids is 1. The highest BCUT2D eigenvalue weighted by atomic mass is 19.1. The number of nitrogens with zero attached hydrogens (tertiary/aromatic N) is 1. The number of halogens is 1. The normalized spacial score (nSPS) is 16.8. The van der Waals surface area contributed by atoms with Crippen LogP contribution in [0.4, 0.5) is 10.1 Å². The van der Waals surface area contributed by atoms with Crippen LogP contribution in [0.2, 0.25) is 0 Å². The number of anilines is 1. The molecule has 26 heavy (non-hydrogen) atoms. The second-order valence-electron chi connectivity index (χ2n) is 6.56. The van der Waals surface area contributed by atoms with Gasteiger partial charge in [0, 0.05) is 13.1 Å². The zero-order chi connectivity index (χ0) is 18.6. The molecule has 2 aromatic carbocycles. The number of aliphatic carboxylic acids is 1. The molecule has 0 atom stereocenters. The van der Waals surface area contributed by atoms with Crippen molar-refractivity contribution in [2.24, 2.45) is 0 Å². The lowest BCUT2D eigenvalue weighted by Crippen LogP contribution is -2.49. The average Bonchev–Trinajstić information content (AvgIpc) is 2.65. The molecule has 3 rings (SSSR count). The number of hydrogen-bond acceptors (Lipinski definition) is 3. The molecule has 0 unspecified atom stereocenters. The number of para-hydroxylation sites is 1. The van der Waals surface area contributed by atoms with Crippen molar-refractivity contribution in [3.63, 3.8) is 0 Å². The van der Waals surface area contributed by atoms with Crippen LogP contribution in [-0.4, -0.2) is 41.5 Å². The molecule has 6 heteroatoms. The third-order valence-corrected chi connectivity index (χ3v) is 4.96. The predicted octanol–water partition coefficient (Wildman–Crippen LogP) is 2.88. The van der Waals surface area contributed by atoms with Crippen molar-refractivity contribution < 1.29 is 19.1 Å². The summed E-state index contributed by atoms with van der Waals surface area (Å²) in [4.78, 5) is 26.0. The number of piperidine rings is 1. The number of nitrogens with one attached hydrogen (secondary N) is 1. The van der Waals surface area contributed by atoms with Crippen molar-refractivity contribution in [3.05, 3.63) is 66.0 Å². The van der Waals surface area contributed by atoms with Crippen LogP contribution in [0.5, 0.6) is 0 Å². The van der Waals surface area contributed by atoms with Crippen molar-refractivity contribution >= 4 is 17.6 Å². The number of amides is 1. The monoisotopic (exact) mass is 356 g/mol. The summed E-state index contributed by atoms with van der Waals surface area (Å²) < 4.78 is 13.6. The number of rotatable bonds is 5. The summed E-state index contributed by atoms with van der Waals surface area (Å²) in [6, 6.07) is 15.2. The van der Waals surface area contributed by atoms with Crippen LogP contribution < -0.4 is 5.32 Å². The molecule has 0 saturated carbocycles. The first-order valence-corrected chi connectivity index (χ1v) is 8.57. The third-order valence-electron chi connectivity index (χ3n) is 4.96. The van der Waals surface area contributed by atoms with Crippen molar-refractivity contribution in [2.75, 3.05) is 25.0 Å². The van der Waals surface area contributed by atoms with E-state index in [1.54, 1.807) is 12.1 Å². The van der Waals surface area contributed by atoms with E-state index in [1.807, 2.05) is 35.2 Å². The summed E-state index contributed by atoms with van der Waals surface area (Å²) >= 11 is 0. The van der Waals surface area contributed by atoms with E-state index in [9.17, 15) is 19.1 Å². The van der Waals surface area contributed by atoms with Crippen LogP contribution in [0.25, 0.3) is 0 Å². The highest BCUT2D eigenvalue weighted by Gasteiger charge is 2.43. The summed E-state index contributed by atoms with van der Waals surface area (Å²) in [5.41, 5.74) is 0.0291. The van der Waals surface area contributed by atoms with E-state index in [1.165, 1.54) is 12.1 Å². The van der Waals surface area contributed by atoms with Gasteiger partial charge < -0.3 is 10.4 Å². The Bertz CT molecular complexity index is 787. The van der Waals surface area contributed by atoms with Gasteiger partial charge in [0.1, 0.15) is 5.82 Å². The maximum Gasteiger partial charge on any atom is 0.314 e. The molecule has 0 aliphatic carbocycles. The Morgan fingerprint density at radius 1 is 1.04 bits per heavy atom. The quantitative estimate of drug-likeness (QED) is 0.864. The molecule has 136 valence electrons. The minimum Gasteiger partial charge on any atom is -0.481 e. The average molecular weight is 356 g/mol. The van der Waals surface area contributed by atoms with Gasteiger partial charge >= 0.3 is 5.97 Å². The van der Waals surface area contributed by atoms with Gasteiger partial charge in [-0.2, -0.15) is 0 Å². The molecule has 1 heterocycles. The van der Waals surface area contributed by atoms with Crippen molar-refractivity contribution in [1.82, 2.24) is 4.90 Å². The Morgan fingerprint density at radius 2 is 1.65 bits per heavy atom. The molecule has 0 spiro atoms. The summed E-state index contributed by atoms with van der Waals surface area (Å²) in [5.74, 6) is -1.62. The van der Waals surface area contributed by atoms with Gasteiger partial charge in [-0.3, -0.25) is 14.5 Å². The third kappa shape index (κ3) is 3.75. The van der Waals surface area contributed by atoms with Crippen LogP contribution in [-0.2, 0) is 15.0 Å². The molecule has 1 saturated heterocycles. The largest absolute Gasteiger partial charge is 0.481 e. The molecule has 2 N–H and O–H groups in total. The standard InChI is InChI=1S/C20H21FN2O3/c21-16-8-4-5-9-17(16)22-18(24)14-23-12-10-20(11-13-23,19(25)26)15-6-2-1-3-7-15/h1-9H,10-14H2,(H,22,24)(H,25,26). The molecule has 1 aliphatic heterocycles. The molecule has 0 radical (unpaired) electrons. The summed E-state index contributed by atoms with van der Waals surface area (Å²) in [6.07, 6.45) is 0.860. The van der Waals surface area contributed by atoms with Gasteiger partial charge in [-0.15, -0.1) is 0 Å². The number of carboxylic acid groups (broad SMARTS) is 1. The number of carboxylic acids is 1. The Balaban J connectivity index is 1.62. The lowest BCUT2D eigenvalue weighted by molar-refractivity contribution is -0.146. The van der Waals surface area contributed by atoms with Crippen molar-refractivity contribution in [1.29, 1.82) is 0 Å². The molecule has 0 bridgehead atoms. The second kappa shape index (κ2) is 7.66. The SMILES string of the molecule is O=C(CN1CCC(C(=O)O)(c2ccccc2)CC1)Nc1ccccc1F. The van der Waals surface area contributed by atoms with Gasteiger partial charge in [-0.05, 0) is 30.5 Å². The Kier molecular flexibility index (Phi) is 5.32. The molecule has 1 aliphatic rings. The smallest absolute Gasteiger partial charge is 0.314 e. The van der Waals surface area contributed by atoms with Crippen LogP contribution in [0.3, 0.4) is 0 Å². The Labute approximate surface area is 151 Å². The van der Waals surface area contributed by atoms with E-state index in [0.29, 0.717) is 25.9 Å². The topological polar surface area (TPSA) is 69.6 Å². The van der Waals surface area contributed by atoms with Gasteiger partial charge in [0.05, 0.1) is 17.6 Å². The first-order chi connectivity index (χ1) is 12.5. The van der Waals surface area contributed by atoms with Gasteiger partial charge in [0.25, 0.3) is 0 Å². The minimum atomic E-state index is -0.917. The van der Waals surface area contributed by atoms with Crippen molar-refractivity contribution in [2.45, 2.75) is 18.3 Å². The second-order valence-corrected chi connectivity index (χ2v) is 6.56. The Morgan fingerprint density at radius 3 is 2.27 bits per heavy atom. The fraction of sp³-hybridized carbons (Fsp3) is 0.300. The molecule has 1 fully saturated rings. The molecular formula is C20H21FN2O3. The fourth-order valence-corrected chi connectivity index (χ4v) is 3.43. The first kappa shape index (κ1) is 18.1. The van der Waals surface area contributed by atoms with Gasteiger partial charge in [0.15, 0.2) is 0 Å². The van der Waals surface area contributed by atoms with Crippen LogP contribution >= 0.6 is 0 Å². The van der Waals surface area contributed by atoms with E-state index >= 15 is 0 Å². The number of likely N-dealkylation sites (tertiary alicyclic amines) is 1. The number of benzene rings is 2. The Hall–Kier alpha value is -2.73. The zero-order valence-electron chi connectivity index (χ0n) is 14.3. The fourth-order valence-electron chi connectivity index (χ4n) is 3.43. The summed E-state index contributed by atoms with van der Waals surface area (Å²) in [6.45, 7) is 1.09. The van der Waals surface area contributed by atoms with Gasteiger partial charge in [-0.1, -0.05) is 42.5 Å². The van der Waals surface area contributed by atoms with Crippen LogP contribution in [0, 0.1) is 5.82 Å². The lowest BCUT2D eigenvalue weighted by atomic mass is 9.73. The molecule has 0 aromatic heterocycles. The van der Waals surface area contributed by atoms with Gasteiger partial charge in [0.2, 0.25) is 5.91 Å². The highest BCUT2D eigenvalue weighted by Crippen LogP contribution is 2.35. The first-order valence-electron chi connectivity index (χ1n) is 8.57. The van der Waals surface area contributed by atoms with Crippen molar-refractivity contribution in [3.8, 4) is 0 Å². The number of carbonyl (C=O) groups is 2. The molecular weight excluding hydrogens is 335 g/mol. The summed E-state index contributed by atoms with van der Waals surface area (Å²) in [7, 11) is 0. The lowest BCUT2D eigenvalue weighted by Gasteiger charge is -2.39. The zero-order valence-corrected chi connectivity index (χ0v) is 14.3. The van der Waals surface area contributed by atoms with Gasteiger partial charge in [-0.25, -0.2) is 4.39 Å². The van der Waals surface area contributed by atoms with E-state index < -0.39 is 17.2 Å². The van der Waals surface area contributed by atoms with E-state index in [-0.39, 0.29) is 18.1 Å². The van der Waals surface area contributed by atoms with E-state index in [2.05, 4.69) is 5.32 Å². The highest BCUT2D eigenvalue weighted by molar-refractivity contribution is 5.92. The van der Waals surface area contributed by atoms with Crippen LogP contribution in [0.1, 0.15) is 18.4 Å². The molecule has 5 nitrogen and oxygen atoms in total. The maximum atomic E-state index is 13.6. The van der Waals surface area contributed by atoms with E-state index in [0.717, 1.165) is 5.56 Å². The summed E-state index contributed by atoms with van der Waals surface area (Å²) in [5, 5.41) is 12.4. The number of hydrogen-bond donors (Lipinski definition) is 2. The van der Waals surface area contributed by atoms with E-state index in [4.69, 9.17) is 0 Å². The minimum absolute atomic E-state index is 0.110. The molecule has 1 amide bonds. The molecule has 2 aromatic rings. The maximum absolute atomic E-state index is 13.6.